The van der Waals surface area contributed by atoms with Crippen molar-refractivity contribution in [3.63, 3.8) is 0 Å². The van der Waals surface area contributed by atoms with E-state index in [0.29, 0.717) is 19.1 Å². The normalized spacial score (nSPS) is 32.0. The lowest BCUT2D eigenvalue weighted by Gasteiger charge is -2.49. The number of carbonyl (C=O) groups excluding carboxylic acids is 1. The topological polar surface area (TPSA) is 70.6 Å². The Morgan fingerprint density at radius 3 is 2.70 bits per heavy atom. The Hall–Kier alpha value is -2.16. The largest absolute Gasteiger partial charge is 0.374 e. The molecule has 0 bridgehead atoms. The van der Waals surface area contributed by atoms with Crippen LogP contribution in [0.15, 0.2) is 36.5 Å². The predicted molar refractivity (Wildman–Crippen MR) is 150 cm³/mol. The fraction of sp³-hybridized carbons (Fsp3) is 0.621. The highest BCUT2D eigenvalue weighted by Gasteiger charge is 2.48. The molecule has 1 unspecified atom stereocenters. The van der Waals surface area contributed by atoms with Crippen LogP contribution in [-0.4, -0.2) is 74.9 Å². The minimum Gasteiger partial charge on any atom is -0.374 e. The Labute approximate surface area is 226 Å². The summed E-state index contributed by atoms with van der Waals surface area (Å²) in [6.45, 7) is 11.5. The van der Waals surface area contributed by atoms with Crippen molar-refractivity contribution in [2.45, 2.75) is 81.9 Å². The quantitative estimate of drug-likeness (QED) is 0.587. The zero-order chi connectivity index (χ0) is 26.4. The molecule has 3 aliphatic rings. The van der Waals surface area contributed by atoms with E-state index in [1.807, 2.05) is 12.3 Å². The molecule has 8 heteroatoms. The van der Waals surface area contributed by atoms with Gasteiger partial charge in [-0.3, -0.25) is 4.79 Å². The lowest BCUT2D eigenvalue weighted by Crippen LogP contribution is -2.60. The van der Waals surface area contributed by atoms with Crippen molar-refractivity contribution in [1.29, 1.82) is 0 Å². The molecule has 2 saturated heterocycles. The van der Waals surface area contributed by atoms with Crippen molar-refractivity contribution in [1.82, 2.24) is 19.8 Å². The van der Waals surface area contributed by atoms with E-state index in [1.165, 1.54) is 5.56 Å². The predicted octanol–water partition coefficient (Wildman–Crippen LogP) is 4.15. The third-order valence-corrected chi connectivity index (χ3v) is 9.89. The van der Waals surface area contributed by atoms with Crippen LogP contribution in [0.4, 0.5) is 5.95 Å². The summed E-state index contributed by atoms with van der Waals surface area (Å²) >= 11 is 4.98. The fourth-order valence-electron chi connectivity index (χ4n) is 6.17. The third-order valence-electron chi connectivity index (χ3n) is 9.04. The minimum atomic E-state index is -0.387. The number of hydrogen-bond donors (Lipinski definition) is 2. The van der Waals surface area contributed by atoms with Crippen molar-refractivity contribution in [2.75, 3.05) is 32.1 Å². The van der Waals surface area contributed by atoms with E-state index in [2.05, 4.69) is 79.1 Å². The smallest absolute Gasteiger partial charge is 0.227 e. The molecule has 1 N–H and O–H groups in total. The Balaban J connectivity index is 1.35. The van der Waals surface area contributed by atoms with Gasteiger partial charge in [0.05, 0.1) is 22.6 Å². The summed E-state index contributed by atoms with van der Waals surface area (Å²) in [6.07, 6.45) is 4.42. The van der Waals surface area contributed by atoms with Gasteiger partial charge >= 0.3 is 0 Å². The number of fused-ring (bicyclic) bond motifs is 1. The number of aromatic nitrogens is 2. The number of piperidine rings is 1. The second kappa shape index (κ2) is 10.2. The van der Waals surface area contributed by atoms with Crippen LogP contribution in [0.25, 0.3) is 0 Å². The van der Waals surface area contributed by atoms with Crippen molar-refractivity contribution in [3.8, 4) is 0 Å². The standard InChI is InChI=1S/C29H41N5O2S/c1-19-15-21-16-30-27(32-25-12-14-36-28(2,3)29(25,4)37)31-24(21)18-34(19)26(35)22-11-13-33(5)17-23(22)20-9-7-6-8-10-20/h6-10,16,19,22-23,25,37H,11-15,17-18H2,1-5H3,(H,30,31,32)/t19-,22+,23-,25+,29?/m1/s1. The number of anilines is 1. The van der Waals surface area contributed by atoms with Gasteiger partial charge in [-0.1, -0.05) is 30.3 Å². The van der Waals surface area contributed by atoms with Crippen LogP contribution in [-0.2, 0) is 22.5 Å². The highest BCUT2D eigenvalue weighted by molar-refractivity contribution is 7.82. The molecular formula is C29H41N5O2S. The summed E-state index contributed by atoms with van der Waals surface area (Å²) in [4.78, 5) is 28.0. The molecule has 0 radical (unpaired) electrons. The Morgan fingerprint density at radius 1 is 1.19 bits per heavy atom. The molecule has 2 aromatic rings. The van der Waals surface area contributed by atoms with Crippen molar-refractivity contribution in [2.24, 2.45) is 5.92 Å². The summed E-state index contributed by atoms with van der Waals surface area (Å²) in [5, 5.41) is 3.54. The summed E-state index contributed by atoms with van der Waals surface area (Å²) in [5.41, 5.74) is 2.95. The Bertz CT molecular complexity index is 1120. The van der Waals surface area contributed by atoms with Crippen LogP contribution in [0.2, 0.25) is 0 Å². The molecule has 3 aliphatic heterocycles. The number of hydrogen-bond acceptors (Lipinski definition) is 7. The van der Waals surface area contributed by atoms with Crippen LogP contribution >= 0.6 is 12.6 Å². The number of likely N-dealkylation sites (N-methyl/N-ethyl adjacent to an activating group) is 1. The maximum absolute atomic E-state index is 14.0. The SMILES string of the molecule is C[C@@H]1Cc2cnc(N[C@H]3CCOC(C)(C)C3(C)S)nc2CN1C(=O)[C@H]1CCN(C)C[C@@H]1c1ccccc1. The molecule has 0 spiro atoms. The zero-order valence-electron chi connectivity index (χ0n) is 22.8. The molecule has 5 atom stereocenters. The van der Waals surface area contributed by atoms with E-state index < -0.39 is 0 Å². The van der Waals surface area contributed by atoms with E-state index in [0.717, 1.165) is 43.6 Å². The van der Waals surface area contributed by atoms with Crippen molar-refractivity contribution < 1.29 is 9.53 Å². The zero-order valence-corrected chi connectivity index (χ0v) is 23.7. The lowest BCUT2D eigenvalue weighted by atomic mass is 9.79. The van der Waals surface area contributed by atoms with Crippen LogP contribution in [0.1, 0.15) is 63.3 Å². The second-order valence-corrected chi connectivity index (χ2v) is 12.8. The van der Waals surface area contributed by atoms with E-state index in [4.69, 9.17) is 22.3 Å². The molecule has 200 valence electrons. The van der Waals surface area contributed by atoms with Gasteiger partial charge in [0.1, 0.15) is 0 Å². The number of nitrogens with one attached hydrogen (secondary N) is 1. The van der Waals surface area contributed by atoms with Crippen molar-refractivity contribution in [3.05, 3.63) is 53.3 Å². The first-order valence-electron chi connectivity index (χ1n) is 13.6. The average Bonchev–Trinajstić information content (AvgIpc) is 2.87. The molecule has 5 rings (SSSR count). The maximum atomic E-state index is 14.0. The van der Waals surface area contributed by atoms with Crippen LogP contribution in [0, 0.1) is 5.92 Å². The molecule has 4 heterocycles. The monoisotopic (exact) mass is 523 g/mol. The molecular weight excluding hydrogens is 482 g/mol. The molecule has 1 aromatic carbocycles. The number of rotatable bonds is 4. The molecule has 37 heavy (non-hydrogen) atoms. The average molecular weight is 524 g/mol. The first-order valence-corrected chi connectivity index (χ1v) is 14.0. The summed E-state index contributed by atoms with van der Waals surface area (Å²) in [5.74, 6) is 1.04. The number of benzene rings is 1. The highest BCUT2D eigenvalue weighted by atomic mass is 32.1. The summed E-state index contributed by atoms with van der Waals surface area (Å²) in [6, 6.07) is 10.7. The molecule has 0 saturated carbocycles. The summed E-state index contributed by atoms with van der Waals surface area (Å²) < 4.78 is 5.60. The Kier molecular flexibility index (Phi) is 7.29. The number of likely N-dealkylation sites (tertiary alicyclic amines) is 1. The molecule has 1 amide bonds. The highest BCUT2D eigenvalue weighted by Crippen LogP contribution is 2.41. The van der Waals surface area contributed by atoms with Crippen LogP contribution in [0.5, 0.6) is 0 Å². The maximum Gasteiger partial charge on any atom is 0.227 e. The van der Waals surface area contributed by atoms with Gasteiger partial charge in [0.25, 0.3) is 0 Å². The van der Waals surface area contributed by atoms with Gasteiger partial charge < -0.3 is 19.9 Å². The molecule has 0 aliphatic carbocycles. The first-order chi connectivity index (χ1) is 17.6. The molecule has 2 fully saturated rings. The van der Waals surface area contributed by atoms with E-state index in [-0.39, 0.29) is 40.2 Å². The third kappa shape index (κ3) is 5.12. The minimum absolute atomic E-state index is 0.0172. The fourth-order valence-corrected chi connectivity index (χ4v) is 6.43. The Morgan fingerprint density at radius 2 is 1.95 bits per heavy atom. The first kappa shape index (κ1) is 26.4. The number of thiol groups is 1. The van der Waals surface area contributed by atoms with Gasteiger partial charge in [-0.15, -0.1) is 0 Å². The number of ether oxygens (including phenoxy) is 1. The summed E-state index contributed by atoms with van der Waals surface area (Å²) in [7, 11) is 2.15. The van der Waals surface area contributed by atoms with Gasteiger partial charge in [-0.25, -0.2) is 9.97 Å². The number of carbonyl (C=O) groups is 1. The van der Waals surface area contributed by atoms with E-state index in [1.54, 1.807) is 0 Å². The molecule has 1 aromatic heterocycles. The molecule has 7 nitrogen and oxygen atoms in total. The van der Waals surface area contributed by atoms with Gasteiger partial charge in [0.2, 0.25) is 11.9 Å². The van der Waals surface area contributed by atoms with E-state index in [9.17, 15) is 4.79 Å². The number of amides is 1. The van der Waals surface area contributed by atoms with Gasteiger partial charge in [0.15, 0.2) is 0 Å². The van der Waals surface area contributed by atoms with Crippen LogP contribution < -0.4 is 5.32 Å². The van der Waals surface area contributed by atoms with Gasteiger partial charge in [-0.05, 0) is 71.7 Å². The number of nitrogens with zero attached hydrogens (tertiary/aromatic N) is 4. The van der Waals surface area contributed by atoms with Gasteiger partial charge in [0, 0.05) is 43.3 Å². The van der Waals surface area contributed by atoms with Crippen LogP contribution in [0.3, 0.4) is 0 Å². The van der Waals surface area contributed by atoms with Gasteiger partial charge in [-0.2, -0.15) is 12.6 Å². The lowest BCUT2D eigenvalue weighted by molar-refractivity contribution is -0.141. The second-order valence-electron chi connectivity index (χ2n) is 11.9. The van der Waals surface area contributed by atoms with Crippen molar-refractivity contribution >= 4 is 24.5 Å². The van der Waals surface area contributed by atoms with E-state index >= 15 is 0 Å².